The van der Waals surface area contributed by atoms with Gasteiger partial charge in [-0.1, -0.05) is 0 Å². The topological polar surface area (TPSA) is 45.2 Å². The summed E-state index contributed by atoms with van der Waals surface area (Å²) in [5.41, 5.74) is 2.53. The Morgan fingerprint density at radius 2 is 2.28 bits per heavy atom. The number of nitrogens with one attached hydrogen (secondary N) is 1. The first-order chi connectivity index (χ1) is 8.61. The number of pyridine rings is 1. The Kier molecular flexibility index (Phi) is 3.97. The smallest absolute Gasteiger partial charge is 0.255 e. The second kappa shape index (κ2) is 5.48. The molecule has 4 heteroatoms. The van der Waals surface area contributed by atoms with Gasteiger partial charge in [0.05, 0.1) is 11.3 Å². The highest BCUT2D eigenvalue weighted by Gasteiger charge is 2.27. The van der Waals surface area contributed by atoms with Crippen molar-refractivity contribution >= 4 is 5.91 Å². The number of aryl methyl sites for hydroxylation is 2. The van der Waals surface area contributed by atoms with Gasteiger partial charge in [-0.3, -0.25) is 9.78 Å². The highest BCUT2D eigenvalue weighted by atomic mass is 16.2. The highest BCUT2D eigenvalue weighted by Crippen LogP contribution is 2.19. The van der Waals surface area contributed by atoms with Gasteiger partial charge in [0.1, 0.15) is 0 Å². The fourth-order valence-electron chi connectivity index (χ4n) is 2.56. The van der Waals surface area contributed by atoms with Gasteiger partial charge >= 0.3 is 0 Å². The number of hydrogen-bond acceptors (Lipinski definition) is 3. The van der Waals surface area contributed by atoms with Gasteiger partial charge in [0.15, 0.2) is 0 Å². The Hall–Kier alpha value is -1.42. The molecule has 1 N–H and O–H groups in total. The van der Waals surface area contributed by atoms with Gasteiger partial charge in [0.2, 0.25) is 0 Å². The molecule has 0 aliphatic carbocycles. The van der Waals surface area contributed by atoms with Crippen LogP contribution in [0, 0.1) is 19.8 Å². The predicted molar refractivity (Wildman–Crippen MR) is 71.6 cm³/mol. The minimum atomic E-state index is 0.124. The van der Waals surface area contributed by atoms with E-state index in [4.69, 9.17) is 0 Å². The molecule has 1 atom stereocenters. The summed E-state index contributed by atoms with van der Waals surface area (Å²) < 4.78 is 0. The van der Waals surface area contributed by atoms with Crippen molar-refractivity contribution in [2.24, 2.45) is 5.92 Å². The van der Waals surface area contributed by atoms with Crippen LogP contribution >= 0.6 is 0 Å². The largest absolute Gasteiger partial charge is 0.338 e. The van der Waals surface area contributed by atoms with E-state index in [0.29, 0.717) is 5.92 Å². The minimum absolute atomic E-state index is 0.124. The fraction of sp³-hybridized carbons (Fsp3) is 0.571. The van der Waals surface area contributed by atoms with Crippen LogP contribution in [0.25, 0.3) is 0 Å². The van der Waals surface area contributed by atoms with Crippen molar-refractivity contribution < 1.29 is 4.79 Å². The number of aromatic nitrogens is 1. The average Bonchev–Trinajstić information content (AvgIpc) is 2.77. The fourth-order valence-corrected chi connectivity index (χ4v) is 2.56. The van der Waals surface area contributed by atoms with Crippen molar-refractivity contribution in [3.8, 4) is 0 Å². The van der Waals surface area contributed by atoms with E-state index in [1.807, 2.05) is 37.9 Å². The van der Waals surface area contributed by atoms with Crippen molar-refractivity contribution in [2.45, 2.75) is 20.3 Å². The summed E-state index contributed by atoms with van der Waals surface area (Å²) in [6, 6.07) is 3.80. The molecular formula is C14H21N3O. The molecule has 0 aromatic carbocycles. The maximum absolute atomic E-state index is 12.4. The van der Waals surface area contributed by atoms with E-state index in [9.17, 15) is 4.79 Å². The lowest BCUT2D eigenvalue weighted by atomic mass is 10.1. The van der Waals surface area contributed by atoms with Gasteiger partial charge in [0, 0.05) is 18.8 Å². The molecule has 1 aromatic rings. The molecule has 2 rings (SSSR count). The third kappa shape index (κ3) is 2.70. The lowest BCUT2D eigenvalue weighted by Gasteiger charge is -2.17. The number of carbonyl (C=O) groups excluding carboxylic acids is 1. The van der Waals surface area contributed by atoms with E-state index in [0.717, 1.165) is 43.0 Å². The quantitative estimate of drug-likeness (QED) is 0.877. The van der Waals surface area contributed by atoms with Crippen LogP contribution < -0.4 is 5.32 Å². The molecular weight excluding hydrogens is 226 g/mol. The summed E-state index contributed by atoms with van der Waals surface area (Å²) in [6.45, 7) is 6.54. The molecule has 2 heterocycles. The molecule has 1 fully saturated rings. The second-order valence-electron chi connectivity index (χ2n) is 5.05. The molecule has 0 saturated carbocycles. The van der Waals surface area contributed by atoms with Gasteiger partial charge in [-0.2, -0.15) is 0 Å². The number of carbonyl (C=O) groups is 1. The third-order valence-corrected chi connectivity index (χ3v) is 3.52. The zero-order chi connectivity index (χ0) is 13.1. The number of nitrogens with zero attached hydrogens (tertiary/aromatic N) is 2. The predicted octanol–water partition coefficient (Wildman–Crippen LogP) is 1.38. The lowest BCUT2D eigenvalue weighted by molar-refractivity contribution is 0.0786. The first-order valence-corrected chi connectivity index (χ1v) is 6.50. The van der Waals surface area contributed by atoms with E-state index >= 15 is 0 Å². The Labute approximate surface area is 108 Å². The summed E-state index contributed by atoms with van der Waals surface area (Å²) in [6.07, 6.45) is 1.09. The van der Waals surface area contributed by atoms with Crippen molar-refractivity contribution in [3.05, 3.63) is 29.1 Å². The Bertz CT molecular complexity index is 445. The average molecular weight is 247 g/mol. The van der Waals surface area contributed by atoms with Crippen molar-refractivity contribution in [2.75, 3.05) is 26.7 Å². The van der Waals surface area contributed by atoms with E-state index in [2.05, 4.69) is 10.3 Å². The van der Waals surface area contributed by atoms with E-state index in [-0.39, 0.29) is 5.91 Å². The SMILES string of the molecule is CNCC1CCN(C(=O)c2ccc(C)nc2C)C1. The Morgan fingerprint density at radius 1 is 1.50 bits per heavy atom. The highest BCUT2D eigenvalue weighted by molar-refractivity contribution is 5.95. The summed E-state index contributed by atoms with van der Waals surface area (Å²) in [7, 11) is 1.96. The maximum Gasteiger partial charge on any atom is 0.255 e. The minimum Gasteiger partial charge on any atom is -0.338 e. The van der Waals surface area contributed by atoms with Crippen molar-refractivity contribution in [1.29, 1.82) is 0 Å². The number of amides is 1. The molecule has 0 bridgehead atoms. The zero-order valence-corrected chi connectivity index (χ0v) is 11.4. The molecule has 1 aromatic heterocycles. The van der Waals surface area contributed by atoms with Gasteiger partial charge in [-0.15, -0.1) is 0 Å². The zero-order valence-electron chi connectivity index (χ0n) is 11.4. The van der Waals surface area contributed by atoms with Gasteiger partial charge in [-0.25, -0.2) is 0 Å². The summed E-state index contributed by atoms with van der Waals surface area (Å²) >= 11 is 0. The molecule has 1 unspecified atom stereocenters. The first-order valence-electron chi connectivity index (χ1n) is 6.50. The van der Waals surface area contributed by atoms with Crippen LogP contribution in [-0.2, 0) is 0 Å². The summed E-state index contributed by atoms with van der Waals surface area (Å²) in [5, 5.41) is 3.18. The second-order valence-corrected chi connectivity index (χ2v) is 5.05. The van der Waals surface area contributed by atoms with Crippen molar-refractivity contribution in [1.82, 2.24) is 15.2 Å². The van der Waals surface area contributed by atoms with Crippen LogP contribution in [0.15, 0.2) is 12.1 Å². The standard InChI is InChI=1S/C14H21N3O/c1-10-4-5-13(11(2)16-10)14(18)17-7-6-12(9-17)8-15-3/h4-5,12,15H,6-9H2,1-3H3. The van der Waals surface area contributed by atoms with Gasteiger partial charge in [0.25, 0.3) is 5.91 Å². The van der Waals surface area contributed by atoms with E-state index in [1.165, 1.54) is 0 Å². The Morgan fingerprint density at radius 3 is 2.94 bits per heavy atom. The van der Waals surface area contributed by atoms with Crippen LogP contribution in [0.5, 0.6) is 0 Å². The summed E-state index contributed by atoms with van der Waals surface area (Å²) in [4.78, 5) is 18.7. The molecule has 0 spiro atoms. The lowest BCUT2D eigenvalue weighted by Crippen LogP contribution is -2.31. The molecule has 98 valence electrons. The van der Waals surface area contributed by atoms with Crippen LogP contribution in [0.1, 0.15) is 28.2 Å². The molecule has 18 heavy (non-hydrogen) atoms. The monoisotopic (exact) mass is 247 g/mol. The van der Waals surface area contributed by atoms with Crippen LogP contribution in [-0.4, -0.2) is 42.5 Å². The first kappa shape index (κ1) is 13.0. The normalized spacial score (nSPS) is 19.3. The summed E-state index contributed by atoms with van der Waals surface area (Å²) in [5.74, 6) is 0.705. The maximum atomic E-state index is 12.4. The molecule has 1 aliphatic rings. The number of hydrogen-bond donors (Lipinski definition) is 1. The van der Waals surface area contributed by atoms with Gasteiger partial charge < -0.3 is 10.2 Å². The van der Waals surface area contributed by atoms with Crippen LogP contribution in [0.4, 0.5) is 0 Å². The van der Waals surface area contributed by atoms with E-state index in [1.54, 1.807) is 0 Å². The molecule has 1 saturated heterocycles. The van der Waals surface area contributed by atoms with E-state index < -0.39 is 0 Å². The van der Waals surface area contributed by atoms with Gasteiger partial charge in [-0.05, 0) is 51.9 Å². The Balaban J connectivity index is 2.08. The van der Waals surface area contributed by atoms with Crippen LogP contribution in [0.2, 0.25) is 0 Å². The molecule has 4 nitrogen and oxygen atoms in total. The van der Waals surface area contributed by atoms with Crippen LogP contribution in [0.3, 0.4) is 0 Å². The third-order valence-electron chi connectivity index (χ3n) is 3.52. The van der Waals surface area contributed by atoms with Crippen molar-refractivity contribution in [3.63, 3.8) is 0 Å². The number of likely N-dealkylation sites (tertiary alicyclic amines) is 1. The molecule has 0 radical (unpaired) electrons. The molecule has 1 aliphatic heterocycles. The molecule has 1 amide bonds. The number of rotatable bonds is 3.